The number of nitrogens with two attached hydrogens (primary N) is 1. The highest BCUT2D eigenvalue weighted by molar-refractivity contribution is 5.99. The van der Waals surface area contributed by atoms with Crippen molar-refractivity contribution in [1.29, 1.82) is 0 Å². The maximum absolute atomic E-state index is 11.5. The molecule has 2 N–H and O–H groups in total. The van der Waals surface area contributed by atoms with Crippen LogP contribution in [0.4, 0.5) is 5.69 Å². The van der Waals surface area contributed by atoms with Crippen LogP contribution in [-0.4, -0.2) is 10.8 Å². The van der Waals surface area contributed by atoms with Gasteiger partial charge in [-0.15, -0.1) is 0 Å². The molecule has 0 aromatic carbocycles. The fourth-order valence-corrected chi connectivity index (χ4v) is 1.01. The first kappa shape index (κ1) is 9.45. The molecule has 0 spiro atoms. The van der Waals surface area contributed by atoms with E-state index >= 15 is 0 Å². The van der Waals surface area contributed by atoms with E-state index < -0.39 is 0 Å². The second-order valence-corrected chi connectivity index (χ2v) is 3.00. The molecule has 3 heteroatoms. The lowest BCUT2D eigenvalue weighted by Gasteiger charge is -2.01. The number of carbonyl (C=O) groups is 1. The van der Waals surface area contributed by atoms with Gasteiger partial charge in [-0.25, -0.2) is 0 Å². The van der Waals surface area contributed by atoms with Gasteiger partial charge in [0.15, 0.2) is 5.78 Å². The van der Waals surface area contributed by atoms with Gasteiger partial charge in [-0.05, 0) is 19.1 Å². The minimum Gasteiger partial charge on any atom is -0.397 e. The van der Waals surface area contributed by atoms with Gasteiger partial charge in [0.2, 0.25) is 0 Å². The Morgan fingerprint density at radius 2 is 2.38 bits per heavy atom. The van der Waals surface area contributed by atoms with Crippen molar-refractivity contribution in [2.75, 3.05) is 5.73 Å². The normalized spacial score (nSPS) is 9.62. The zero-order chi connectivity index (χ0) is 9.84. The average molecular weight is 176 g/mol. The predicted molar refractivity (Wildman–Crippen MR) is 52.4 cm³/mol. The molecule has 1 heterocycles. The largest absolute Gasteiger partial charge is 0.397 e. The van der Waals surface area contributed by atoms with Crippen LogP contribution in [0, 0.1) is 0 Å². The molecule has 68 valence electrons. The molecule has 0 saturated heterocycles. The maximum Gasteiger partial charge on any atom is 0.187 e. The van der Waals surface area contributed by atoms with Crippen molar-refractivity contribution in [3.8, 4) is 0 Å². The van der Waals surface area contributed by atoms with Crippen LogP contribution in [0.5, 0.6) is 0 Å². The highest BCUT2D eigenvalue weighted by Gasteiger charge is 2.09. The summed E-state index contributed by atoms with van der Waals surface area (Å²) in [6, 6.07) is 3.37. The Bertz CT molecular complexity index is 345. The van der Waals surface area contributed by atoms with Gasteiger partial charge < -0.3 is 5.73 Å². The maximum atomic E-state index is 11.5. The highest BCUT2D eigenvalue weighted by Crippen LogP contribution is 2.11. The fourth-order valence-electron chi connectivity index (χ4n) is 1.01. The first-order chi connectivity index (χ1) is 6.11. The number of Topliss-reactive ketones (excluding diaryl/α,β-unsaturated/α-hetero) is 1. The number of hydrogen-bond acceptors (Lipinski definition) is 3. The summed E-state index contributed by atoms with van der Waals surface area (Å²) in [6.45, 7) is 5.46. The van der Waals surface area contributed by atoms with Gasteiger partial charge in [0, 0.05) is 12.6 Å². The fraction of sp³-hybridized carbons (Fsp3) is 0.200. The molecule has 0 bridgehead atoms. The van der Waals surface area contributed by atoms with Gasteiger partial charge in [0.25, 0.3) is 0 Å². The molecule has 0 unspecified atom stereocenters. The topological polar surface area (TPSA) is 56.0 Å². The molecule has 0 aliphatic carbocycles. The Morgan fingerprint density at radius 1 is 1.69 bits per heavy atom. The van der Waals surface area contributed by atoms with Crippen LogP contribution in [0.25, 0.3) is 0 Å². The number of nitrogens with zero attached hydrogens (tertiary/aromatic N) is 1. The van der Waals surface area contributed by atoms with Gasteiger partial charge in [0.05, 0.1) is 5.69 Å². The lowest BCUT2D eigenvalue weighted by atomic mass is 10.1. The van der Waals surface area contributed by atoms with Crippen molar-refractivity contribution >= 4 is 11.5 Å². The van der Waals surface area contributed by atoms with E-state index in [1.807, 2.05) is 0 Å². The number of pyridine rings is 1. The predicted octanol–water partition coefficient (Wildman–Crippen LogP) is 1.81. The SMILES string of the molecule is C=C(C)CC(=O)c1ncccc1N. The summed E-state index contributed by atoms with van der Waals surface area (Å²) < 4.78 is 0. The molecule has 0 atom stereocenters. The standard InChI is InChI=1S/C10H12N2O/c1-7(2)6-9(13)10-8(11)4-3-5-12-10/h3-5H,1,6,11H2,2H3. The third-order valence-corrected chi connectivity index (χ3v) is 1.57. The Balaban J connectivity index is 2.89. The van der Waals surface area contributed by atoms with E-state index in [0.29, 0.717) is 17.8 Å². The number of hydrogen-bond donors (Lipinski definition) is 1. The number of aromatic nitrogens is 1. The van der Waals surface area contributed by atoms with Crippen LogP contribution >= 0.6 is 0 Å². The minimum absolute atomic E-state index is 0.0781. The molecule has 3 nitrogen and oxygen atoms in total. The zero-order valence-electron chi connectivity index (χ0n) is 7.58. The molecular formula is C10H12N2O. The third-order valence-electron chi connectivity index (χ3n) is 1.57. The lowest BCUT2D eigenvalue weighted by molar-refractivity contribution is 0.0989. The second-order valence-electron chi connectivity index (χ2n) is 3.00. The van der Waals surface area contributed by atoms with Crippen LogP contribution in [0.15, 0.2) is 30.5 Å². The first-order valence-corrected chi connectivity index (χ1v) is 3.99. The van der Waals surface area contributed by atoms with Crippen molar-refractivity contribution in [3.63, 3.8) is 0 Å². The van der Waals surface area contributed by atoms with E-state index in [4.69, 9.17) is 5.73 Å². The van der Waals surface area contributed by atoms with Crippen LogP contribution in [0.1, 0.15) is 23.8 Å². The van der Waals surface area contributed by atoms with Gasteiger partial charge in [-0.3, -0.25) is 9.78 Å². The van der Waals surface area contributed by atoms with Crippen LogP contribution < -0.4 is 5.73 Å². The van der Waals surface area contributed by atoms with Gasteiger partial charge in [-0.1, -0.05) is 12.2 Å². The minimum atomic E-state index is -0.0781. The van der Waals surface area contributed by atoms with Crippen LogP contribution in [0.3, 0.4) is 0 Å². The number of nitrogen functional groups attached to an aromatic ring is 1. The molecule has 0 amide bonds. The highest BCUT2D eigenvalue weighted by atomic mass is 16.1. The number of allylic oxidation sites excluding steroid dienone is 1. The Kier molecular flexibility index (Phi) is 2.80. The molecule has 13 heavy (non-hydrogen) atoms. The van der Waals surface area contributed by atoms with Crippen LogP contribution in [0.2, 0.25) is 0 Å². The molecule has 0 saturated carbocycles. The van der Waals surface area contributed by atoms with E-state index in [2.05, 4.69) is 11.6 Å². The molecule has 0 fully saturated rings. The Morgan fingerprint density at radius 3 is 2.92 bits per heavy atom. The summed E-state index contributed by atoms with van der Waals surface area (Å²) >= 11 is 0. The Hall–Kier alpha value is -1.64. The third kappa shape index (κ3) is 2.40. The molecule has 0 aliphatic heterocycles. The van der Waals surface area contributed by atoms with Gasteiger partial charge >= 0.3 is 0 Å². The van der Waals surface area contributed by atoms with Crippen molar-refractivity contribution in [2.45, 2.75) is 13.3 Å². The number of rotatable bonds is 3. The lowest BCUT2D eigenvalue weighted by Crippen LogP contribution is -2.06. The smallest absolute Gasteiger partial charge is 0.187 e. The molecule has 1 rings (SSSR count). The van der Waals surface area contributed by atoms with Gasteiger partial charge in [0.1, 0.15) is 5.69 Å². The number of carbonyl (C=O) groups excluding carboxylic acids is 1. The summed E-state index contributed by atoms with van der Waals surface area (Å²) in [5.74, 6) is -0.0781. The van der Waals surface area contributed by atoms with E-state index in [-0.39, 0.29) is 5.78 Å². The van der Waals surface area contributed by atoms with E-state index in [9.17, 15) is 4.79 Å². The summed E-state index contributed by atoms with van der Waals surface area (Å²) in [4.78, 5) is 15.4. The van der Waals surface area contributed by atoms with Crippen molar-refractivity contribution in [3.05, 3.63) is 36.2 Å². The monoisotopic (exact) mass is 176 g/mol. The van der Waals surface area contributed by atoms with Crippen molar-refractivity contribution in [2.24, 2.45) is 0 Å². The molecule has 0 aliphatic rings. The number of ketones is 1. The van der Waals surface area contributed by atoms with Crippen molar-refractivity contribution in [1.82, 2.24) is 4.98 Å². The van der Waals surface area contributed by atoms with Gasteiger partial charge in [-0.2, -0.15) is 0 Å². The average Bonchev–Trinajstić information content (AvgIpc) is 2.03. The number of anilines is 1. The first-order valence-electron chi connectivity index (χ1n) is 3.99. The van der Waals surface area contributed by atoms with Crippen molar-refractivity contribution < 1.29 is 4.79 Å². The quantitative estimate of drug-likeness (QED) is 0.564. The van der Waals surface area contributed by atoms with E-state index in [1.165, 1.54) is 0 Å². The van der Waals surface area contributed by atoms with Crippen LogP contribution in [-0.2, 0) is 0 Å². The van der Waals surface area contributed by atoms with E-state index in [0.717, 1.165) is 5.57 Å². The second kappa shape index (κ2) is 3.85. The zero-order valence-corrected chi connectivity index (χ0v) is 7.58. The molecule has 1 aromatic heterocycles. The Labute approximate surface area is 77.3 Å². The summed E-state index contributed by atoms with van der Waals surface area (Å²) in [5.41, 5.74) is 7.16. The summed E-state index contributed by atoms with van der Waals surface area (Å²) in [7, 11) is 0. The molecular weight excluding hydrogens is 164 g/mol. The van der Waals surface area contributed by atoms with E-state index in [1.54, 1.807) is 25.3 Å². The molecule has 0 radical (unpaired) electrons. The molecule has 1 aromatic rings. The summed E-state index contributed by atoms with van der Waals surface area (Å²) in [6.07, 6.45) is 1.86. The summed E-state index contributed by atoms with van der Waals surface area (Å²) in [5, 5.41) is 0.